The summed E-state index contributed by atoms with van der Waals surface area (Å²) in [5.41, 5.74) is 0.746. The number of aromatic nitrogens is 2. The van der Waals surface area contributed by atoms with Crippen LogP contribution in [0.2, 0.25) is 0 Å². The van der Waals surface area contributed by atoms with Gasteiger partial charge in [-0.05, 0) is 36.5 Å². The Bertz CT molecular complexity index is 959. The van der Waals surface area contributed by atoms with Crippen LogP contribution in [0, 0.1) is 0 Å². The topological polar surface area (TPSA) is 164 Å². The van der Waals surface area contributed by atoms with Gasteiger partial charge in [-0.3, -0.25) is 4.57 Å². The predicted octanol–water partition coefficient (Wildman–Crippen LogP) is 5.00. The molecule has 1 aliphatic rings. The van der Waals surface area contributed by atoms with Crippen LogP contribution in [0.5, 0.6) is 0 Å². The molecule has 0 atom stereocenters. The quantitative estimate of drug-likeness (QED) is 0.534. The number of azo groups is 1. The summed E-state index contributed by atoms with van der Waals surface area (Å²) < 4.78 is 2.50. The Hall–Kier alpha value is -3.15. The Morgan fingerprint density at radius 1 is 0.968 bits per heavy atom. The van der Waals surface area contributed by atoms with Gasteiger partial charge in [0.1, 0.15) is 0 Å². The highest BCUT2D eigenvalue weighted by Crippen LogP contribution is 2.28. The minimum Gasteiger partial charge on any atom is -0.464 e. The molecular weight excluding hydrogens is 428 g/mol. The molecule has 3 N–H and O–H groups in total. The number of fused-ring (bicyclic) bond motifs is 1. The van der Waals surface area contributed by atoms with Gasteiger partial charge < -0.3 is 15.3 Å². The highest BCUT2D eigenvalue weighted by atomic mass is 32.2. The Kier molecular flexibility index (Phi) is 11.0. The number of unbranched alkanes of at least 4 members (excludes halogenated alkanes) is 1. The molecule has 0 aliphatic carbocycles. The number of carboxylic acid groups (broad SMARTS) is 3. The lowest BCUT2D eigenvalue weighted by Gasteiger charge is -2.22. The van der Waals surface area contributed by atoms with E-state index in [1.807, 2.05) is 23.9 Å². The van der Waals surface area contributed by atoms with Crippen LogP contribution in [0.3, 0.4) is 0 Å². The molecule has 31 heavy (non-hydrogen) atoms. The van der Waals surface area contributed by atoms with Crippen molar-refractivity contribution in [3.8, 4) is 0 Å². The monoisotopic (exact) mass is 454 g/mol. The van der Waals surface area contributed by atoms with Gasteiger partial charge in [-0.25, -0.2) is 19.2 Å². The molecule has 1 aliphatic heterocycles. The predicted molar refractivity (Wildman–Crippen MR) is 117 cm³/mol. The maximum atomic E-state index is 12.4. The molecule has 0 bridgehead atoms. The fourth-order valence-corrected chi connectivity index (χ4v) is 3.82. The summed E-state index contributed by atoms with van der Waals surface area (Å²) in [5.74, 6) is 2.04. The van der Waals surface area contributed by atoms with Crippen molar-refractivity contribution < 1.29 is 29.7 Å². The van der Waals surface area contributed by atoms with E-state index in [4.69, 9.17) is 10.2 Å². The van der Waals surface area contributed by atoms with E-state index in [1.165, 1.54) is 12.8 Å². The molecule has 1 aromatic heterocycles. The van der Waals surface area contributed by atoms with Crippen LogP contribution < -0.4 is 5.69 Å². The molecule has 170 valence electrons. The number of benzene rings is 1. The zero-order chi connectivity index (χ0) is 23.4. The van der Waals surface area contributed by atoms with E-state index >= 15 is 0 Å². The number of nitrogens with zero attached hydrogens (tertiary/aromatic N) is 4. The van der Waals surface area contributed by atoms with Gasteiger partial charge in [0, 0.05) is 6.04 Å². The summed E-state index contributed by atoms with van der Waals surface area (Å²) in [6.07, 6.45) is 0.0149. The highest BCUT2D eigenvalue weighted by molar-refractivity contribution is 7.99. The molecular formula is C19H26N4O7S. The Morgan fingerprint density at radius 2 is 1.45 bits per heavy atom. The molecule has 2 heterocycles. The molecule has 2 amide bonds. The number of rotatable bonds is 2. The van der Waals surface area contributed by atoms with Crippen molar-refractivity contribution in [2.75, 3.05) is 11.5 Å². The lowest BCUT2D eigenvalue weighted by atomic mass is 10.1. The second kappa shape index (κ2) is 13.2. The van der Waals surface area contributed by atoms with Gasteiger partial charge in [0.15, 0.2) is 0 Å². The number of carbonyl (C=O) groups is 3. The first-order valence-electron chi connectivity index (χ1n) is 9.65. The molecule has 0 unspecified atom stereocenters. The van der Waals surface area contributed by atoms with Gasteiger partial charge in [-0.1, -0.05) is 49.1 Å². The number of para-hydroxylation sites is 2. The van der Waals surface area contributed by atoms with E-state index in [0.717, 1.165) is 28.9 Å². The number of imidazole rings is 1. The lowest BCUT2D eigenvalue weighted by Crippen LogP contribution is -2.31. The van der Waals surface area contributed by atoms with Gasteiger partial charge in [-0.15, -0.1) is 0 Å². The van der Waals surface area contributed by atoms with Crippen molar-refractivity contribution in [3.05, 3.63) is 34.7 Å². The van der Waals surface area contributed by atoms with Gasteiger partial charge in [0.25, 0.3) is 0 Å². The zero-order valence-corrected chi connectivity index (χ0v) is 18.1. The van der Waals surface area contributed by atoms with Crippen LogP contribution in [-0.2, 0) is 0 Å². The standard InChI is InChI=1S/C13H14N2O3S.C4H10.C2H2N2O4/c16-12-14(9-5-7-19-8-6-9)10-3-1-2-4-11(10)15(12)13(17)18;1-3-4-2;5-1(6)3-4-2(7)8/h1-4,9H,5-8H2,(H,17,18);3-4H2,1-2H3;(H,5,6)(H,7,8)/b;;4-3+. The molecule has 1 saturated heterocycles. The first-order valence-corrected chi connectivity index (χ1v) is 10.8. The maximum absolute atomic E-state index is 12.4. The van der Waals surface area contributed by atoms with Crippen molar-refractivity contribution in [1.82, 2.24) is 9.13 Å². The third kappa shape index (κ3) is 7.89. The third-order valence-corrected chi connectivity index (χ3v) is 5.30. The SMILES string of the molecule is CCCC.O=C(O)/N=N/C(=O)O.O=C(O)n1c(=O)n(C2CCSCC2)c2ccccc21. The molecule has 2 aromatic rings. The summed E-state index contributed by atoms with van der Waals surface area (Å²) in [6, 6.07) is 7.19. The smallest absolute Gasteiger partial charge is 0.450 e. The highest BCUT2D eigenvalue weighted by Gasteiger charge is 2.24. The van der Waals surface area contributed by atoms with Crippen LogP contribution in [0.4, 0.5) is 14.4 Å². The summed E-state index contributed by atoms with van der Waals surface area (Å²) in [7, 11) is 0. The summed E-state index contributed by atoms with van der Waals surface area (Å²) in [5, 5.41) is 29.0. The van der Waals surface area contributed by atoms with Gasteiger partial charge in [0.05, 0.1) is 11.0 Å². The second-order valence-corrected chi connectivity index (χ2v) is 7.59. The first kappa shape index (κ1) is 25.9. The maximum Gasteiger partial charge on any atom is 0.450 e. The van der Waals surface area contributed by atoms with E-state index in [-0.39, 0.29) is 6.04 Å². The second-order valence-electron chi connectivity index (χ2n) is 6.37. The van der Waals surface area contributed by atoms with Gasteiger partial charge >= 0.3 is 24.0 Å². The molecule has 0 saturated carbocycles. The van der Waals surface area contributed by atoms with Crippen LogP contribution >= 0.6 is 11.8 Å². The van der Waals surface area contributed by atoms with Crippen molar-refractivity contribution >= 4 is 41.1 Å². The molecule has 3 rings (SSSR count). The fraction of sp³-hybridized carbons (Fsp3) is 0.474. The first-order chi connectivity index (χ1) is 14.7. The molecule has 12 heteroatoms. The van der Waals surface area contributed by atoms with Crippen molar-refractivity contribution in [2.24, 2.45) is 10.2 Å². The summed E-state index contributed by atoms with van der Waals surface area (Å²) >= 11 is 1.88. The summed E-state index contributed by atoms with van der Waals surface area (Å²) in [4.78, 5) is 42.4. The summed E-state index contributed by atoms with van der Waals surface area (Å²) in [6.45, 7) is 4.36. The van der Waals surface area contributed by atoms with Crippen LogP contribution in [0.1, 0.15) is 45.6 Å². The molecule has 11 nitrogen and oxygen atoms in total. The zero-order valence-electron chi connectivity index (χ0n) is 17.3. The minimum atomic E-state index is -1.62. The van der Waals surface area contributed by atoms with E-state index < -0.39 is 24.0 Å². The largest absolute Gasteiger partial charge is 0.464 e. The third-order valence-electron chi connectivity index (χ3n) is 4.25. The Morgan fingerprint density at radius 3 is 1.87 bits per heavy atom. The van der Waals surface area contributed by atoms with Crippen LogP contribution in [0.15, 0.2) is 39.3 Å². The molecule has 0 radical (unpaired) electrons. The number of amides is 2. The fourth-order valence-electron chi connectivity index (χ4n) is 2.74. The Labute approximate surface area is 182 Å². The normalized spacial score (nSPS) is 13.7. The average molecular weight is 455 g/mol. The van der Waals surface area contributed by atoms with Gasteiger partial charge in [0.2, 0.25) is 0 Å². The molecule has 0 spiro atoms. The number of hydrogen-bond acceptors (Lipinski definition) is 5. The molecule has 1 aromatic carbocycles. The van der Waals surface area contributed by atoms with Crippen LogP contribution in [0.25, 0.3) is 11.0 Å². The van der Waals surface area contributed by atoms with E-state index in [0.29, 0.717) is 11.0 Å². The average Bonchev–Trinajstić information content (AvgIpc) is 3.05. The van der Waals surface area contributed by atoms with Crippen molar-refractivity contribution in [3.63, 3.8) is 0 Å². The van der Waals surface area contributed by atoms with Gasteiger partial charge in [-0.2, -0.15) is 16.3 Å². The number of thioether (sulfide) groups is 1. The van der Waals surface area contributed by atoms with Crippen molar-refractivity contribution in [1.29, 1.82) is 0 Å². The lowest BCUT2D eigenvalue weighted by molar-refractivity contribution is 0.194. The van der Waals surface area contributed by atoms with E-state index in [2.05, 4.69) is 24.1 Å². The Balaban J connectivity index is 0.000000336. The van der Waals surface area contributed by atoms with Crippen molar-refractivity contribution in [2.45, 2.75) is 45.6 Å². The molecule has 1 fully saturated rings. The van der Waals surface area contributed by atoms with Crippen LogP contribution in [-0.4, -0.2) is 54.2 Å². The minimum absolute atomic E-state index is 0.110. The van der Waals surface area contributed by atoms with E-state index in [1.54, 1.807) is 16.7 Å². The van der Waals surface area contributed by atoms with E-state index in [9.17, 15) is 24.3 Å². The number of hydrogen-bond donors (Lipinski definition) is 3.